The first-order valence-corrected chi connectivity index (χ1v) is 34.9. The Morgan fingerprint density at radius 3 is 1.30 bits per heavy atom. The molecule has 0 amide bonds. The Balaban J connectivity index is 0.750. The third-order valence-corrected chi connectivity index (χ3v) is 22.0. The maximum absolute atomic E-state index is 5.79. The molecule has 4 unspecified atom stereocenters. The van der Waals surface area contributed by atoms with Crippen LogP contribution in [0.1, 0.15) is 61.6 Å². The summed E-state index contributed by atoms with van der Waals surface area (Å²) in [6, 6.07) is 118. The molecule has 0 heterocycles. The molecule has 3 aliphatic rings. The van der Waals surface area contributed by atoms with Crippen LogP contribution >= 0.6 is 23.5 Å². The first-order valence-electron chi connectivity index (χ1n) is 33.3. The normalized spacial score (nSPS) is 16.9. The van der Waals surface area contributed by atoms with E-state index in [0.717, 1.165) is 67.9 Å². The van der Waals surface area contributed by atoms with Crippen molar-refractivity contribution in [2.75, 3.05) is 24.0 Å². The third-order valence-electron chi connectivity index (χ3n) is 20.0. The van der Waals surface area contributed by atoms with Gasteiger partial charge in [-0.25, -0.2) is 0 Å². The lowest BCUT2D eigenvalue weighted by atomic mass is 9.63. The predicted molar refractivity (Wildman–Crippen MR) is 410 cm³/mol. The number of para-hydroxylation sites is 2. The van der Waals surface area contributed by atoms with Crippen molar-refractivity contribution in [3.8, 4) is 33.8 Å². The van der Waals surface area contributed by atoms with Crippen LogP contribution in [0.4, 0.5) is 28.4 Å². The van der Waals surface area contributed by atoms with E-state index >= 15 is 0 Å². The van der Waals surface area contributed by atoms with E-state index in [4.69, 9.17) is 9.47 Å². The summed E-state index contributed by atoms with van der Waals surface area (Å²) in [5.74, 6) is 1.80. The molecule has 472 valence electrons. The number of rotatable bonds is 19. The van der Waals surface area contributed by atoms with Gasteiger partial charge in [-0.05, 0) is 217 Å². The van der Waals surface area contributed by atoms with Gasteiger partial charge in [0.05, 0.1) is 25.0 Å². The summed E-state index contributed by atoms with van der Waals surface area (Å²) >= 11 is 3.55. The topological polar surface area (TPSA) is 24.9 Å². The molecule has 0 saturated carbocycles. The molecule has 16 rings (SSSR count). The molecule has 0 fully saturated rings. The Bertz CT molecular complexity index is 5110. The molecule has 4 nitrogen and oxygen atoms in total. The van der Waals surface area contributed by atoms with Crippen LogP contribution < -0.4 is 19.3 Å². The second kappa shape index (κ2) is 26.4. The Morgan fingerprint density at radius 2 is 0.776 bits per heavy atom. The second-order valence-electron chi connectivity index (χ2n) is 25.1. The molecule has 13 aromatic rings. The number of benzene rings is 13. The number of hydrogen-bond acceptors (Lipinski definition) is 6. The molecule has 4 atom stereocenters. The van der Waals surface area contributed by atoms with Crippen LogP contribution in [-0.4, -0.2) is 14.2 Å². The van der Waals surface area contributed by atoms with Gasteiger partial charge in [-0.3, -0.25) is 0 Å². The number of fused-ring (bicyclic) bond motifs is 6. The lowest BCUT2D eigenvalue weighted by molar-refractivity contribution is 0.413. The van der Waals surface area contributed by atoms with Crippen molar-refractivity contribution >= 4 is 64.1 Å². The molecule has 13 aromatic carbocycles. The highest BCUT2D eigenvalue weighted by Gasteiger charge is 2.54. The Morgan fingerprint density at radius 1 is 0.367 bits per heavy atom. The van der Waals surface area contributed by atoms with E-state index < -0.39 is 10.8 Å². The van der Waals surface area contributed by atoms with Crippen LogP contribution in [0.3, 0.4) is 0 Å². The number of anilines is 5. The Labute approximate surface area is 583 Å². The Kier molecular flexibility index (Phi) is 16.6. The summed E-state index contributed by atoms with van der Waals surface area (Å²) < 4.78 is 11.6. The first kappa shape index (κ1) is 61.6. The molecule has 6 heteroatoms. The average molecular weight is 1300 g/mol. The zero-order valence-electron chi connectivity index (χ0n) is 54.6. The zero-order chi connectivity index (χ0) is 66.2. The minimum Gasteiger partial charge on any atom is -0.497 e. The fraction of sp³-hybridized carbons (Fsp3) is 0.0652. The standard InChI is InChI=1S/C92H70N2O2S2/c1-5-63-25-51-79(52-26-63)97-81-55-37-69(38-56-81)91(67-33-47-77(95-3)48-34-67)87-23-15-13-21-83(87)85-59-45-75(61-89(85)91)93(71-17-9-7-10-18-71)73-41-29-65(30-42-73)66-31-43-74(44-32-66)94(72-19-11-8-12-20-72)76-46-60-86-84-22-14-16-24-88(84)92(90(86)62-76,68-35-49-78(96-4)50-36-68)70-39-57-82(58-40-70)98-80-53-27-64(6-2)28-54-80/h5-62,85,89H,1-2H2,3-4H3. The van der Waals surface area contributed by atoms with Gasteiger partial charge in [-0.2, -0.15) is 0 Å². The van der Waals surface area contributed by atoms with Gasteiger partial charge in [-0.1, -0.05) is 249 Å². The van der Waals surface area contributed by atoms with Gasteiger partial charge in [0.1, 0.15) is 11.5 Å². The fourth-order valence-corrected chi connectivity index (χ4v) is 17.0. The molecule has 98 heavy (non-hydrogen) atoms. The average Bonchev–Trinajstić information content (AvgIpc) is 1.53. The molecule has 0 N–H and O–H groups in total. The van der Waals surface area contributed by atoms with Crippen LogP contribution in [-0.2, 0) is 10.8 Å². The highest BCUT2D eigenvalue weighted by Crippen LogP contribution is 2.62. The quantitative estimate of drug-likeness (QED) is 0.0800. The van der Waals surface area contributed by atoms with Crippen LogP contribution in [0.25, 0.3) is 34.4 Å². The highest BCUT2D eigenvalue weighted by atomic mass is 32.2. The molecule has 0 aliphatic heterocycles. The molecular formula is C92H70N2O2S2. The molecule has 0 radical (unpaired) electrons. The van der Waals surface area contributed by atoms with Gasteiger partial charge < -0.3 is 19.3 Å². The van der Waals surface area contributed by atoms with Crippen LogP contribution in [0.15, 0.2) is 378 Å². The minimum atomic E-state index is -0.652. The molecule has 3 aliphatic carbocycles. The summed E-state index contributed by atoms with van der Waals surface area (Å²) in [5.41, 5.74) is 22.2. The van der Waals surface area contributed by atoms with Gasteiger partial charge >= 0.3 is 0 Å². The van der Waals surface area contributed by atoms with E-state index in [1.807, 2.05) is 12.2 Å². The maximum Gasteiger partial charge on any atom is 0.118 e. The molecule has 0 bridgehead atoms. The smallest absolute Gasteiger partial charge is 0.118 e. The van der Waals surface area contributed by atoms with Crippen molar-refractivity contribution in [3.05, 3.63) is 414 Å². The second-order valence-corrected chi connectivity index (χ2v) is 27.4. The summed E-state index contributed by atoms with van der Waals surface area (Å²) in [6.07, 6.45) is 11.1. The largest absolute Gasteiger partial charge is 0.497 e. The van der Waals surface area contributed by atoms with Gasteiger partial charge in [-0.15, -0.1) is 0 Å². The third kappa shape index (κ3) is 11.0. The number of nitrogens with zero attached hydrogens (tertiary/aromatic N) is 2. The van der Waals surface area contributed by atoms with Crippen LogP contribution in [0.5, 0.6) is 11.5 Å². The van der Waals surface area contributed by atoms with E-state index in [1.165, 1.54) is 75.2 Å². The predicted octanol–water partition coefficient (Wildman–Crippen LogP) is 24.1. The minimum absolute atomic E-state index is 0.0242. The zero-order valence-corrected chi connectivity index (χ0v) is 56.2. The summed E-state index contributed by atoms with van der Waals surface area (Å²) in [6.45, 7) is 7.92. The van der Waals surface area contributed by atoms with E-state index in [9.17, 15) is 0 Å². The van der Waals surface area contributed by atoms with Crippen molar-refractivity contribution in [2.45, 2.75) is 36.3 Å². The van der Waals surface area contributed by atoms with E-state index in [0.29, 0.717) is 0 Å². The molecule has 0 saturated heterocycles. The first-order chi connectivity index (χ1) is 48.3. The van der Waals surface area contributed by atoms with E-state index in [1.54, 1.807) is 37.7 Å². The van der Waals surface area contributed by atoms with Crippen molar-refractivity contribution in [3.63, 3.8) is 0 Å². The summed E-state index contributed by atoms with van der Waals surface area (Å²) in [5, 5.41) is 0. The SMILES string of the molecule is C=Cc1ccc(Sc2ccc(C3(c4ccc(OC)cc4)c4ccccc4-c4ccc(N(c5ccccc5)c5ccc(-c6ccc(N(C7=CC8C(C=C7)c7ccccc7C8(c7ccc(OC)cc7)c7ccc(Sc8ccc(C=C)cc8)cc7)c7ccccc7)cc6)cc5)cc43)cc2)cc1. The van der Waals surface area contributed by atoms with Crippen molar-refractivity contribution in [1.82, 2.24) is 0 Å². The Hall–Kier alpha value is -11.3. The lowest BCUT2D eigenvalue weighted by Gasteiger charge is -2.40. The number of allylic oxidation sites excluding steroid dienone is 3. The number of hydrogen-bond donors (Lipinski definition) is 0. The molecule has 0 spiro atoms. The highest BCUT2D eigenvalue weighted by molar-refractivity contribution is 7.99. The molecule has 0 aromatic heterocycles. The van der Waals surface area contributed by atoms with Gasteiger partial charge in [0, 0.05) is 65.6 Å². The van der Waals surface area contributed by atoms with E-state index in [2.05, 4.69) is 363 Å². The monoisotopic (exact) mass is 1300 g/mol. The number of methoxy groups -OCH3 is 2. The summed E-state index contributed by atoms with van der Waals surface area (Å²) in [7, 11) is 3.47. The maximum atomic E-state index is 5.79. The van der Waals surface area contributed by atoms with Crippen molar-refractivity contribution in [1.29, 1.82) is 0 Å². The lowest BCUT2D eigenvalue weighted by Crippen LogP contribution is -2.36. The van der Waals surface area contributed by atoms with Crippen molar-refractivity contribution in [2.24, 2.45) is 5.92 Å². The van der Waals surface area contributed by atoms with Crippen molar-refractivity contribution < 1.29 is 9.47 Å². The van der Waals surface area contributed by atoms with Gasteiger partial charge in [0.25, 0.3) is 0 Å². The van der Waals surface area contributed by atoms with Gasteiger partial charge in [0.15, 0.2) is 0 Å². The van der Waals surface area contributed by atoms with E-state index in [-0.39, 0.29) is 11.8 Å². The van der Waals surface area contributed by atoms with Gasteiger partial charge in [0.2, 0.25) is 0 Å². The summed E-state index contributed by atoms with van der Waals surface area (Å²) in [4.78, 5) is 9.55. The molecular weight excluding hydrogens is 1230 g/mol. The van der Waals surface area contributed by atoms with Crippen LogP contribution in [0, 0.1) is 5.92 Å². The van der Waals surface area contributed by atoms with Crippen LogP contribution in [0.2, 0.25) is 0 Å². The number of ether oxygens (including phenoxy) is 2. The fourth-order valence-electron chi connectivity index (χ4n) is 15.4.